The van der Waals surface area contributed by atoms with Gasteiger partial charge in [-0.25, -0.2) is 4.79 Å². The average Bonchev–Trinajstić information content (AvgIpc) is 2.99. The number of piperazine rings is 1. The first-order valence-corrected chi connectivity index (χ1v) is 7.99. The quantitative estimate of drug-likeness (QED) is 0.729. The second kappa shape index (κ2) is 5.68. The van der Waals surface area contributed by atoms with E-state index in [9.17, 15) is 9.59 Å². The zero-order valence-electron chi connectivity index (χ0n) is 13.5. The summed E-state index contributed by atoms with van der Waals surface area (Å²) in [5.74, 6) is 0. The monoisotopic (exact) mass is 325 g/mol. The van der Waals surface area contributed by atoms with Crippen molar-refractivity contribution in [3.8, 4) is 5.69 Å². The minimum absolute atomic E-state index is 0.392. The van der Waals surface area contributed by atoms with E-state index >= 15 is 0 Å². The van der Waals surface area contributed by atoms with E-state index in [1.807, 2.05) is 24.4 Å². The van der Waals surface area contributed by atoms with Crippen LogP contribution in [0.25, 0.3) is 16.6 Å². The molecule has 3 aromatic rings. The summed E-state index contributed by atoms with van der Waals surface area (Å²) in [4.78, 5) is 33.5. The van der Waals surface area contributed by atoms with Crippen LogP contribution in [0.15, 0.2) is 46.2 Å². The molecule has 0 radical (unpaired) electrons. The molecule has 7 heteroatoms. The maximum Gasteiger partial charge on any atom is 0.332 e. The fraction of sp³-hybridized carbons (Fsp3) is 0.294. The molecule has 0 spiro atoms. The Kier molecular flexibility index (Phi) is 3.50. The number of benzene rings is 1. The van der Waals surface area contributed by atoms with E-state index < -0.39 is 11.2 Å². The Hall–Kier alpha value is -2.80. The van der Waals surface area contributed by atoms with Gasteiger partial charge in [-0.15, -0.1) is 0 Å². The van der Waals surface area contributed by atoms with Crippen molar-refractivity contribution in [2.75, 3.05) is 38.1 Å². The number of aromatic amines is 2. The number of nitrogens with one attached hydrogen (secondary N) is 2. The van der Waals surface area contributed by atoms with Gasteiger partial charge in [0.1, 0.15) is 0 Å². The van der Waals surface area contributed by atoms with Gasteiger partial charge in [-0.05, 0) is 25.2 Å². The third-order valence-corrected chi connectivity index (χ3v) is 4.59. The van der Waals surface area contributed by atoms with Gasteiger partial charge >= 0.3 is 5.69 Å². The first-order valence-electron chi connectivity index (χ1n) is 7.99. The van der Waals surface area contributed by atoms with E-state index in [0.717, 1.165) is 48.5 Å². The van der Waals surface area contributed by atoms with Crippen molar-refractivity contribution >= 4 is 16.6 Å². The summed E-state index contributed by atoms with van der Waals surface area (Å²) >= 11 is 0. The molecule has 0 unspecified atom stereocenters. The maximum absolute atomic E-state index is 12.0. The summed E-state index contributed by atoms with van der Waals surface area (Å²) in [5.41, 5.74) is 2.09. The Morgan fingerprint density at radius 3 is 2.58 bits per heavy atom. The summed E-state index contributed by atoms with van der Waals surface area (Å²) in [6, 6.07) is 7.16. The van der Waals surface area contributed by atoms with Gasteiger partial charge in [0.15, 0.2) is 0 Å². The van der Waals surface area contributed by atoms with Crippen molar-refractivity contribution < 1.29 is 0 Å². The van der Waals surface area contributed by atoms with Crippen LogP contribution in [0, 0.1) is 0 Å². The summed E-state index contributed by atoms with van der Waals surface area (Å²) in [6.45, 7) is 4.02. The molecule has 0 amide bonds. The maximum atomic E-state index is 12.0. The fourth-order valence-corrected chi connectivity index (χ4v) is 3.17. The standard InChI is InChI=1S/C17H19N5O2/c1-20-6-8-21(9-7-20)15-11-18-14-3-2-12(10-13(14)15)22-5-4-16(23)19-17(22)24/h2-5,10-11,18H,6-9H2,1H3,(H,19,23,24). The number of H-pyrrole nitrogens is 2. The average molecular weight is 325 g/mol. The highest BCUT2D eigenvalue weighted by molar-refractivity contribution is 5.94. The Morgan fingerprint density at radius 1 is 1.04 bits per heavy atom. The first-order chi connectivity index (χ1) is 11.6. The van der Waals surface area contributed by atoms with Crippen LogP contribution in [0.3, 0.4) is 0 Å². The number of likely N-dealkylation sites (N-methyl/N-ethyl adjacent to an activating group) is 1. The normalized spacial score (nSPS) is 16.0. The molecular weight excluding hydrogens is 306 g/mol. The van der Waals surface area contributed by atoms with Crippen LogP contribution < -0.4 is 16.1 Å². The molecule has 0 bridgehead atoms. The SMILES string of the molecule is CN1CCN(c2c[nH]c3ccc(-n4ccc(=O)[nH]c4=O)cc23)CC1. The van der Waals surface area contributed by atoms with Gasteiger partial charge in [-0.1, -0.05) is 0 Å². The van der Waals surface area contributed by atoms with Gasteiger partial charge in [0, 0.05) is 55.5 Å². The largest absolute Gasteiger partial charge is 0.367 e. The zero-order chi connectivity index (χ0) is 16.7. The van der Waals surface area contributed by atoms with Crippen molar-refractivity contribution in [3.05, 3.63) is 57.5 Å². The number of nitrogens with zero attached hydrogens (tertiary/aromatic N) is 3. The molecule has 0 aliphatic carbocycles. The van der Waals surface area contributed by atoms with Crippen molar-refractivity contribution in [2.24, 2.45) is 0 Å². The molecule has 7 nitrogen and oxygen atoms in total. The van der Waals surface area contributed by atoms with Crippen LogP contribution in [0.4, 0.5) is 5.69 Å². The van der Waals surface area contributed by atoms with Crippen LogP contribution in [0.1, 0.15) is 0 Å². The van der Waals surface area contributed by atoms with E-state index in [1.54, 1.807) is 0 Å². The molecule has 1 aliphatic heterocycles. The second-order valence-corrected chi connectivity index (χ2v) is 6.17. The van der Waals surface area contributed by atoms with Gasteiger partial charge in [-0.3, -0.25) is 14.3 Å². The van der Waals surface area contributed by atoms with Gasteiger partial charge in [0.25, 0.3) is 5.56 Å². The molecule has 4 rings (SSSR count). The molecule has 0 atom stereocenters. The van der Waals surface area contributed by atoms with Crippen LogP contribution in [0.2, 0.25) is 0 Å². The summed E-state index contributed by atoms with van der Waals surface area (Å²) in [7, 11) is 2.13. The molecule has 2 N–H and O–H groups in total. The van der Waals surface area contributed by atoms with E-state index in [1.165, 1.54) is 16.8 Å². The Labute approximate surface area is 138 Å². The van der Waals surface area contributed by atoms with Gasteiger partial charge < -0.3 is 14.8 Å². The van der Waals surface area contributed by atoms with E-state index in [4.69, 9.17) is 0 Å². The lowest BCUT2D eigenvalue weighted by molar-refractivity contribution is 0.313. The second-order valence-electron chi connectivity index (χ2n) is 6.17. The number of fused-ring (bicyclic) bond motifs is 1. The number of rotatable bonds is 2. The lowest BCUT2D eigenvalue weighted by Gasteiger charge is -2.33. The first kappa shape index (κ1) is 14.8. The fourth-order valence-electron chi connectivity index (χ4n) is 3.17. The van der Waals surface area contributed by atoms with Crippen LogP contribution in [0.5, 0.6) is 0 Å². The lowest BCUT2D eigenvalue weighted by atomic mass is 10.2. The molecule has 1 fully saturated rings. The molecule has 1 saturated heterocycles. The van der Waals surface area contributed by atoms with E-state index in [0.29, 0.717) is 0 Å². The summed E-state index contributed by atoms with van der Waals surface area (Å²) in [6.07, 6.45) is 3.53. The molecule has 1 aromatic carbocycles. The highest BCUT2D eigenvalue weighted by atomic mass is 16.2. The highest BCUT2D eigenvalue weighted by Gasteiger charge is 2.17. The van der Waals surface area contributed by atoms with E-state index in [2.05, 4.69) is 26.8 Å². The number of anilines is 1. The van der Waals surface area contributed by atoms with Gasteiger partial charge in [0.2, 0.25) is 0 Å². The number of hydrogen-bond donors (Lipinski definition) is 2. The van der Waals surface area contributed by atoms with Gasteiger partial charge in [-0.2, -0.15) is 0 Å². The van der Waals surface area contributed by atoms with E-state index in [-0.39, 0.29) is 0 Å². The summed E-state index contributed by atoms with van der Waals surface area (Å²) < 4.78 is 1.45. The Morgan fingerprint density at radius 2 is 1.83 bits per heavy atom. The molecule has 3 heterocycles. The third kappa shape index (κ3) is 2.52. The number of hydrogen-bond acceptors (Lipinski definition) is 4. The highest BCUT2D eigenvalue weighted by Crippen LogP contribution is 2.29. The van der Waals surface area contributed by atoms with Crippen molar-refractivity contribution in [2.45, 2.75) is 0 Å². The lowest BCUT2D eigenvalue weighted by Crippen LogP contribution is -2.44. The number of aromatic nitrogens is 3. The zero-order valence-corrected chi connectivity index (χ0v) is 13.5. The van der Waals surface area contributed by atoms with Crippen molar-refractivity contribution in [3.63, 3.8) is 0 Å². The van der Waals surface area contributed by atoms with Crippen LogP contribution >= 0.6 is 0 Å². The molecule has 24 heavy (non-hydrogen) atoms. The molecular formula is C17H19N5O2. The molecule has 124 valence electrons. The Balaban J connectivity index is 1.78. The molecule has 1 aliphatic rings. The molecule has 0 saturated carbocycles. The van der Waals surface area contributed by atoms with Crippen LogP contribution in [-0.4, -0.2) is 52.7 Å². The predicted molar refractivity (Wildman–Crippen MR) is 94.2 cm³/mol. The molecule has 2 aromatic heterocycles. The van der Waals surface area contributed by atoms with Gasteiger partial charge in [0.05, 0.1) is 11.4 Å². The van der Waals surface area contributed by atoms with Crippen LogP contribution in [-0.2, 0) is 0 Å². The van der Waals surface area contributed by atoms with Crippen molar-refractivity contribution in [1.29, 1.82) is 0 Å². The summed E-state index contributed by atoms with van der Waals surface area (Å²) in [5, 5.41) is 1.08. The smallest absolute Gasteiger partial charge is 0.332 e. The minimum Gasteiger partial charge on any atom is -0.367 e. The predicted octanol–water partition coefficient (Wildman–Crippen LogP) is 0.759. The Bertz CT molecular complexity index is 992. The topological polar surface area (TPSA) is 77.1 Å². The van der Waals surface area contributed by atoms with Crippen molar-refractivity contribution in [1.82, 2.24) is 19.4 Å². The third-order valence-electron chi connectivity index (χ3n) is 4.59. The minimum atomic E-state index is -0.432.